The molecule has 0 N–H and O–H groups in total. The Balaban J connectivity index is 1.60. The zero-order valence-corrected chi connectivity index (χ0v) is 15.9. The van der Waals surface area contributed by atoms with Gasteiger partial charge >= 0.3 is 0 Å². The molecule has 2 saturated heterocycles. The summed E-state index contributed by atoms with van der Waals surface area (Å²) in [6.45, 7) is 1.84. The quantitative estimate of drug-likeness (QED) is 0.717. The molecule has 0 aliphatic carbocycles. The Morgan fingerprint density at radius 2 is 1.66 bits per heavy atom. The maximum Gasteiger partial charge on any atom is 0.271 e. The molecule has 0 saturated carbocycles. The van der Waals surface area contributed by atoms with Gasteiger partial charge in [-0.25, -0.2) is 4.39 Å². The van der Waals surface area contributed by atoms with Crippen molar-refractivity contribution in [3.8, 4) is 11.5 Å². The predicted molar refractivity (Wildman–Crippen MR) is 102 cm³/mol. The van der Waals surface area contributed by atoms with Crippen LogP contribution in [0, 0.1) is 5.82 Å². The van der Waals surface area contributed by atoms with Gasteiger partial charge in [-0.05, 0) is 48.5 Å². The maximum absolute atomic E-state index is 13.2. The van der Waals surface area contributed by atoms with Crippen molar-refractivity contribution in [2.75, 3.05) is 38.3 Å². The van der Waals surface area contributed by atoms with Gasteiger partial charge in [0.25, 0.3) is 5.91 Å². The number of hydrogen-bond acceptors (Lipinski definition) is 5. The van der Waals surface area contributed by atoms with Crippen LogP contribution < -0.4 is 14.4 Å². The largest absolute Gasteiger partial charge is 0.497 e. The summed E-state index contributed by atoms with van der Waals surface area (Å²) in [4.78, 5) is 29.2. The van der Waals surface area contributed by atoms with Crippen LogP contribution in [-0.4, -0.2) is 62.3 Å². The minimum Gasteiger partial charge on any atom is -0.497 e. The summed E-state index contributed by atoms with van der Waals surface area (Å²) in [7, 11) is 1.56. The Bertz CT molecular complexity index is 881. The Morgan fingerprint density at radius 1 is 1.03 bits per heavy atom. The van der Waals surface area contributed by atoms with Crippen molar-refractivity contribution in [3.63, 3.8) is 0 Å². The molecular formula is C21H21FN2O5. The SMILES string of the molecule is COc1ccc(N2C(=O)[C@@H](Oc3ccc(F)cc3)[C@H]2C(=O)N2CCOCC2)cc1. The average molecular weight is 400 g/mol. The molecule has 4 rings (SSSR count). The molecule has 2 aromatic rings. The number of amides is 2. The second-order valence-corrected chi connectivity index (χ2v) is 6.78. The summed E-state index contributed by atoms with van der Waals surface area (Å²) in [6.07, 6.45) is -0.974. The topological polar surface area (TPSA) is 68.3 Å². The molecule has 2 heterocycles. The van der Waals surface area contributed by atoms with Gasteiger partial charge in [0.15, 0.2) is 6.04 Å². The van der Waals surface area contributed by atoms with E-state index in [0.29, 0.717) is 43.5 Å². The molecule has 0 spiro atoms. The summed E-state index contributed by atoms with van der Waals surface area (Å²) >= 11 is 0. The fraction of sp³-hybridized carbons (Fsp3) is 0.333. The van der Waals surface area contributed by atoms with Crippen LogP contribution in [0.15, 0.2) is 48.5 Å². The number of methoxy groups -OCH3 is 1. The third-order valence-electron chi connectivity index (χ3n) is 5.05. The lowest BCUT2D eigenvalue weighted by Gasteiger charge is -2.47. The number of carbonyl (C=O) groups is 2. The molecule has 2 fully saturated rings. The molecule has 0 radical (unpaired) electrons. The molecule has 8 heteroatoms. The van der Waals surface area contributed by atoms with Crippen LogP contribution in [0.25, 0.3) is 0 Å². The second-order valence-electron chi connectivity index (χ2n) is 6.78. The van der Waals surface area contributed by atoms with Crippen LogP contribution in [-0.2, 0) is 14.3 Å². The van der Waals surface area contributed by atoms with Gasteiger partial charge in [0, 0.05) is 18.8 Å². The number of β-lactam (4-membered cyclic amide) rings is 1. The average Bonchev–Trinajstić information content (AvgIpc) is 2.77. The van der Waals surface area contributed by atoms with Crippen LogP contribution in [0.1, 0.15) is 0 Å². The lowest BCUT2D eigenvalue weighted by atomic mass is 9.94. The van der Waals surface area contributed by atoms with E-state index in [1.54, 1.807) is 36.3 Å². The van der Waals surface area contributed by atoms with Gasteiger partial charge < -0.3 is 19.1 Å². The molecule has 0 bridgehead atoms. The number of rotatable bonds is 5. The molecule has 0 aromatic heterocycles. The lowest BCUT2D eigenvalue weighted by molar-refractivity contribution is -0.150. The van der Waals surface area contributed by atoms with Gasteiger partial charge in [-0.3, -0.25) is 14.5 Å². The number of anilines is 1. The highest BCUT2D eigenvalue weighted by atomic mass is 19.1. The number of morpholine rings is 1. The second kappa shape index (κ2) is 8.08. The van der Waals surface area contributed by atoms with Gasteiger partial charge in [-0.15, -0.1) is 0 Å². The van der Waals surface area contributed by atoms with E-state index in [1.165, 1.54) is 29.2 Å². The smallest absolute Gasteiger partial charge is 0.271 e. The summed E-state index contributed by atoms with van der Waals surface area (Å²) in [5.74, 6) is 0.0517. The normalized spacial score (nSPS) is 21.5. The summed E-state index contributed by atoms with van der Waals surface area (Å²) in [5, 5.41) is 0. The van der Waals surface area contributed by atoms with Crippen molar-refractivity contribution < 1.29 is 28.2 Å². The van der Waals surface area contributed by atoms with Crippen LogP contribution in [0.5, 0.6) is 11.5 Å². The first-order valence-corrected chi connectivity index (χ1v) is 9.34. The van der Waals surface area contributed by atoms with Gasteiger partial charge in [0.2, 0.25) is 12.0 Å². The van der Waals surface area contributed by atoms with Crippen molar-refractivity contribution in [1.29, 1.82) is 0 Å². The van der Waals surface area contributed by atoms with Gasteiger partial charge in [0.05, 0.1) is 20.3 Å². The first-order chi connectivity index (χ1) is 14.1. The highest BCUT2D eigenvalue weighted by Gasteiger charge is 2.55. The first-order valence-electron chi connectivity index (χ1n) is 9.34. The zero-order valence-electron chi connectivity index (χ0n) is 15.9. The molecule has 152 valence electrons. The zero-order chi connectivity index (χ0) is 20.4. The number of nitrogens with zero attached hydrogens (tertiary/aromatic N) is 2. The molecule has 7 nitrogen and oxygen atoms in total. The van der Waals surface area contributed by atoms with Crippen molar-refractivity contribution in [1.82, 2.24) is 4.90 Å². The van der Waals surface area contributed by atoms with Crippen LogP contribution in [0.3, 0.4) is 0 Å². The first kappa shape index (κ1) is 19.2. The molecule has 0 unspecified atom stereocenters. The lowest BCUT2D eigenvalue weighted by Crippen LogP contribution is -2.73. The third kappa shape index (κ3) is 3.75. The minimum atomic E-state index is -0.974. The number of hydrogen-bond donors (Lipinski definition) is 0. The fourth-order valence-corrected chi connectivity index (χ4v) is 3.48. The van der Waals surface area contributed by atoms with Crippen molar-refractivity contribution >= 4 is 17.5 Å². The predicted octanol–water partition coefficient (Wildman–Crippen LogP) is 1.86. The number of halogens is 1. The van der Waals surface area contributed by atoms with Crippen LogP contribution >= 0.6 is 0 Å². The molecular weight excluding hydrogens is 379 g/mol. The molecule has 2 amide bonds. The van der Waals surface area contributed by atoms with Gasteiger partial charge in [-0.1, -0.05) is 0 Å². The Morgan fingerprint density at radius 3 is 2.28 bits per heavy atom. The fourth-order valence-electron chi connectivity index (χ4n) is 3.48. The van der Waals surface area contributed by atoms with E-state index < -0.39 is 18.0 Å². The summed E-state index contributed by atoms with van der Waals surface area (Å²) in [6, 6.07) is 11.5. The standard InChI is InChI=1S/C21H21FN2O5/c1-27-16-8-4-15(5-9-16)24-18(20(25)23-10-12-28-13-11-23)19(21(24)26)29-17-6-2-14(22)3-7-17/h2-9,18-19H,10-13H2,1H3/t18-,19-/m0/s1. The van der Waals surface area contributed by atoms with E-state index in [9.17, 15) is 14.0 Å². The highest BCUT2D eigenvalue weighted by Crippen LogP contribution is 2.33. The molecule has 2 atom stereocenters. The molecule has 2 aliphatic rings. The Labute approximate surface area is 167 Å². The number of ether oxygens (including phenoxy) is 3. The molecule has 29 heavy (non-hydrogen) atoms. The van der Waals surface area contributed by atoms with E-state index >= 15 is 0 Å². The van der Waals surface area contributed by atoms with E-state index in [1.807, 2.05) is 0 Å². The van der Waals surface area contributed by atoms with Crippen molar-refractivity contribution in [2.24, 2.45) is 0 Å². The van der Waals surface area contributed by atoms with Crippen molar-refractivity contribution in [3.05, 3.63) is 54.3 Å². The molecule has 2 aromatic carbocycles. The highest BCUT2D eigenvalue weighted by molar-refractivity contribution is 6.13. The van der Waals surface area contributed by atoms with E-state index in [2.05, 4.69) is 0 Å². The number of carbonyl (C=O) groups excluding carboxylic acids is 2. The third-order valence-corrected chi connectivity index (χ3v) is 5.05. The van der Waals surface area contributed by atoms with Gasteiger partial charge in [0.1, 0.15) is 17.3 Å². The van der Waals surface area contributed by atoms with Crippen LogP contribution in [0.4, 0.5) is 10.1 Å². The monoisotopic (exact) mass is 400 g/mol. The molecule has 2 aliphatic heterocycles. The maximum atomic E-state index is 13.2. The Kier molecular flexibility index (Phi) is 5.35. The van der Waals surface area contributed by atoms with E-state index in [0.717, 1.165) is 0 Å². The van der Waals surface area contributed by atoms with Crippen molar-refractivity contribution in [2.45, 2.75) is 12.1 Å². The number of benzene rings is 2. The van der Waals surface area contributed by atoms with Crippen LogP contribution in [0.2, 0.25) is 0 Å². The van der Waals surface area contributed by atoms with E-state index in [4.69, 9.17) is 14.2 Å². The summed E-state index contributed by atoms with van der Waals surface area (Å²) < 4.78 is 29.4. The summed E-state index contributed by atoms with van der Waals surface area (Å²) in [5.41, 5.74) is 0.585. The van der Waals surface area contributed by atoms with E-state index in [-0.39, 0.29) is 11.8 Å². The van der Waals surface area contributed by atoms with Gasteiger partial charge in [-0.2, -0.15) is 0 Å². The minimum absolute atomic E-state index is 0.198. The Hall–Kier alpha value is -3.13.